The number of benzene rings is 2. The summed E-state index contributed by atoms with van der Waals surface area (Å²) >= 11 is 0. The van der Waals surface area contributed by atoms with Crippen molar-refractivity contribution in [3.63, 3.8) is 0 Å². The first kappa shape index (κ1) is 33.4. The number of aliphatic hydroxyl groups is 1. The largest absolute Gasteiger partial charge is 0.507 e. The van der Waals surface area contributed by atoms with Crippen molar-refractivity contribution >= 4 is 31.7 Å². The number of ether oxygens (including phenoxy) is 2. The smallest absolute Gasteiger partial charge is 0.415 e. The fraction of sp³-hybridized carbons (Fsp3) is 0.395. The average Bonchev–Trinajstić information content (AvgIpc) is 3.82. The fourth-order valence-electron chi connectivity index (χ4n) is 7.69. The van der Waals surface area contributed by atoms with Crippen LogP contribution in [-0.2, 0) is 25.9 Å². The molecule has 0 aromatic heterocycles. The van der Waals surface area contributed by atoms with Crippen molar-refractivity contribution < 1.29 is 38.5 Å². The lowest BCUT2D eigenvalue weighted by Gasteiger charge is -2.45. The zero-order chi connectivity index (χ0) is 34.6. The van der Waals surface area contributed by atoms with Crippen LogP contribution in [0.3, 0.4) is 0 Å². The molecule has 0 spiro atoms. The van der Waals surface area contributed by atoms with E-state index < -0.39 is 61.2 Å². The number of phenols is 1. The summed E-state index contributed by atoms with van der Waals surface area (Å²) in [5, 5.41) is 23.6. The maximum atomic E-state index is 14.5. The van der Waals surface area contributed by atoms with Crippen LogP contribution in [0.2, 0.25) is 18.1 Å². The van der Waals surface area contributed by atoms with Gasteiger partial charge in [0, 0.05) is 16.7 Å². The Morgan fingerprint density at radius 1 is 1.06 bits per heavy atom. The number of rotatable bonds is 9. The Morgan fingerprint density at radius 2 is 1.73 bits per heavy atom. The molecule has 1 saturated heterocycles. The lowest BCUT2D eigenvalue weighted by molar-refractivity contribution is 0.0887. The number of anilines is 1. The molecule has 2 aliphatic carbocycles. The van der Waals surface area contributed by atoms with Crippen LogP contribution in [0, 0.1) is 23.7 Å². The third kappa shape index (κ3) is 4.55. The van der Waals surface area contributed by atoms with Gasteiger partial charge >= 0.3 is 6.09 Å². The number of allylic oxidation sites excluding steroid dienone is 2. The molecule has 10 heteroatoms. The Hall–Kier alpha value is -4.45. The van der Waals surface area contributed by atoms with Crippen molar-refractivity contribution in [1.82, 2.24) is 0 Å². The van der Waals surface area contributed by atoms with E-state index in [0.717, 1.165) is 23.7 Å². The maximum absolute atomic E-state index is 14.5. The highest BCUT2D eigenvalue weighted by Crippen LogP contribution is 2.69. The van der Waals surface area contributed by atoms with Crippen molar-refractivity contribution in [2.45, 2.75) is 88.6 Å². The summed E-state index contributed by atoms with van der Waals surface area (Å²) < 4.78 is 19.4. The second kappa shape index (κ2) is 12.2. The highest BCUT2D eigenvalue weighted by atomic mass is 28.4. The fourth-order valence-corrected chi connectivity index (χ4v) is 10.6. The first-order valence-electron chi connectivity index (χ1n) is 16.4. The molecule has 48 heavy (non-hydrogen) atoms. The second-order valence-corrected chi connectivity index (χ2v) is 17.2. The minimum Gasteiger partial charge on any atom is -0.507 e. The zero-order valence-corrected chi connectivity index (χ0v) is 28.8. The van der Waals surface area contributed by atoms with E-state index in [2.05, 4.69) is 51.0 Å². The lowest BCUT2D eigenvalue weighted by Crippen LogP contribution is -2.63. The molecule has 2 aromatic rings. The topological polar surface area (TPSA) is 126 Å². The van der Waals surface area contributed by atoms with E-state index >= 15 is 0 Å². The highest BCUT2D eigenvalue weighted by Gasteiger charge is 2.84. The van der Waals surface area contributed by atoms with Gasteiger partial charge in [-0.2, -0.15) is 0 Å². The van der Waals surface area contributed by atoms with E-state index in [9.17, 15) is 24.6 Å². The molecule has 2 heterocycles. The molecule has 2 N–H and O–H groups in total. The van der Waals surface area contributed by atoms with E-state index in [1.807, 2.05) is 13.8 Å². The van der Waals surface area contributed by atoms with Crippen LogP contribution in [0.25, 0.3) is 0 Å². The summed E-state index contributed by atoms with van der Waals surface area (Å²) in [6.07, 6.45) is 1.91. The number of nitrogens with zero attached hydrogens (tertiary/aromatic N) is 1. The number of carbonyl (C=O) groups is 3. The van der Waals surface area contributed by atoms with Crippen molar-refractivity contribution in [1.29, 1.82) is 0 Å². The van der Waals surface area contributed by atoms with Gasteiger partial charge in [-0.1, -0.05) is 76.2 Å². The van der Waals surface area contributed by atoms with Gasteiger partial charge in [0.2, 0.25) is 0 Å². The van der Waals surface area contributed by atoms with E-state index in [1.165, 1.54) is 29.2 Å². The van der Waals surface area contributed by atoms with Gasteiger partial charge in [0.15, 0.2) is 37.2 Å². The monoisotopic (exact) mass is 665 g/mol. The van der Waals surface area contributed by atoms with Gasteiger partial charge in [-0.15, -0.1) is 0 Å². The molecule has 1 fully saturated rings. The molecular weight excluding hydrogens is 627 g/mol. The number of aromatic hydroxyl groups is 1. The van der Waals surface area contributed by atoms with Gasteiger partial charge in [-0.25, -0.2) is 4.79 Å². The number of aryl methyl sites for hydroxylation is 1. The number of phenolic OH excluding ortho intramolecular Hbond substituents is 1. The molecule has 248 valence electrons. The zero-order valence-electron chi connectivity index (χ0n) is 27.8. The van der Waals surface area contributed by atoms with E-state index in [4.69, 9.17) is 13.9 Å². The van der Waals surface area contributed by atoms with Crippen LogP contribution in [-0.4, -0.2) is 66.6 Å². The molecular formula is C38H39NO8Si. The minimum absolute atomic E-state index is 0.0320. The molecule has 0 saturated carbocycles. The summed E-state index contributed by atoms with van der Waals surface area (Å²) in [6, 6.07) is 7.60. The van der Waals surface area contributed by atoms with E-state index in [-0.39, 0.29) is 40.1 Å². The summed E-state index contributed by atoms with van der Waals surface area (Å²) in [6.45, 7) is 13.6. The van der Waals surface area contributed by atoms with Crippen molar-refractivity contribution in [2.24, 2.45) is 0 Å². The predicted molar refractivity (Wildman–Crippen MR) is 183 cm³/mol. The quantitative estimate of drug-likeness (QED) is 0.132. The van der Waals surface area contributed by atoms with Gasteiger partial charge in [0.25, 0.3) is 0 Å². The third-order valence-electron chi connectivity index (χ3n) is 10.4. The van der Waals surface area contributed by atoms with E-state index in [1.54, 1.807) is 18.2 Å². The number of aliphatic hydroxyl groups excluding tert-OH is 1. The molecule has 0 unspecified atom stereocenters. The average molecular weight is 666 g/mol. The Balaban J connectivity index is 1.70. The molecule has 4 aliphatic rings. The van der Waals surface area contributed by atoms with Crippen LogP contribution < -0.4 is 4.90 Å². The van der Waals surface area contributed by atoms with E-state index in [0.29, 0.717) is 6.42 Å². The van der Waals surface area contributed by atoms with Crippen molar-refractivity contribution in [3.05, 3.63) is 82.5 Å². The Labute approximate surface area is 281 Å². The van der Waals surface area contributed by atoms with Gasteiger partial charge in [0.05, 0.1) is 22.9 Å². The van der Waals surface area contributed by atoms with Gasteiger partial charge < -0.3 is 24.1 Å². The normalized spacial score (nSPS) is 25.8. The number of epoxide rings is 1. The number of amides is 1. The van der Waals surface area contributed by atoms with Gasteiger partial charge in [-0.3, -0.25) is 14.5 Å². The minimum atomic E-state index is -2.33. The van der Waals surface area contributed by atoms with Crippen molar-refractivity contribution in [3.8, 4) is 29.4 Å². The summed E-state index contributed by atoms with van der Waals surface area (Å²) in [7, 11) is -2.33. The van der Waals surface area contributed by atoms with Crippen LogP contribution in [0.1, 0.15) is 77.6 Å². The number of hydrogen-bond acceptors (Lipinski definition) is 8. The molecule has 2 bridgehead atoms. The molecule has 2 aromatic carbocycles. The third-order valence-corrected chi connectivity index (χ3v) is 15.2. The number of hydrogen-bond donors (Lipinski definition) is 2. The first-order valence-corrected chi connectivity index (χ1v) is 19.0. The Bertz CT molecular complexity index is 1900. The Kier molecular flexibility index (Phi) is 8.51. The standard InChI is InChI=1S/C38H39NO8Si/c1-7-20-45-36(44)39-29-16-14-12-13-15-17-30(41)38(37(29,47-38)23(6)46-48(9-3,10-4)11-5)27-22-28(40)31-32(33(27)39)34(42)25-19-18-24(8-2)21-26(25)35(31)43/h7,12-13,18-19,21-23,29-30,40-41H,1,8-11,20H2,2-6H3/b13-12-/t23-,29+,30-,37+,38+/m1/s1. The number of fused-ring (bicyclic) bond motifs is 4. The summed E-state index contributed by atoms with van der Waals surface area (Å²) in [4.78, 5) is 44.1. The van der Waals surface area contributed by atoms with Crippen LogP contribution in [0.15, 0.2) is 49.1 Å². The summed E-state index contributed by atoms with van der Waals surface area (Å²) in [5.41, 5.74) is -2.43. The molecule has 0 radical (unpaired) electrons. The molecule has 9 nitrogen and oxygen atoms in total. The van der Waals surface area contributed by atoms with Crippen molar-refractivity contribution in [2.75, 3.05) is 11.5 Å². The second-order valence-electron chi connectivity index (χ2n) is 12.5. The molecule has 6 rings (SSSR count). The summed E-state index contributed by atoms with van der Waals surface area (Å²) in [5.74, 6) is 10.2. The van der Waals surface area contributed by atoms with Crippen LogP contribution in [0.5, 0.6) is 5.75 Å². The Morgan fingerprint density at radius 3 is 2.38 bits per heavy atom. The SMILES string of the molecule is C=CCOC(=O)N1c2c(cc(O)c3c2C(=O)c2ccc(CC)cc2C3=O)[C@@]23O[C@@]2([C@@H](C)O[Si](CC)(CC)CC)[C@@H]1C#C/C=C\C#C[C@H]3O. The predicted octanol–water partition coefficient (Wildman–Crippen LogP) is 5.55. The maximum Gasteiger partial charge on any atom is 0.415 e. The highest BCUT2D eigenvalue weighted by molar-refractivity contribution is 6.73. The van der Waals surface area contributed by atoms with Gasteiger partial charge in [0.1, 0.15) is 18.4 Å². The molecule has 2 aliphatic heterocycles. The van der Waals surface area contributed by atoms with Crippen LogP contribution >= 0.6 is 0 Å². The number of ketones is 2. The lowest BCUT2D eigenvalue weighted by atomic mass is 9.68. The molecule has 1 amide bonds. The molecule has 5 atom stereocenters. The first-order chi connectivity index (χ1) is 23.0. The van der Waals surface area contributed by atoms with Crippen LogP contribution in [0.4, 0.5) is 10.5 Å². The number of carbonyl (C=O) groups excluding carboxylic acids is 3. The van der Waals surface area contributed by atoms with Gasteiger partial charge in [-0.05, 0) is 61.3 Å².